The van der Waals surface area contributed by atoms with Crippen molar-refractivity contribution in [2.45, 2.75) is 20.0 Å². The predicted molar refractivity (Wildman–Crippen MR) is 104 cm³/mol. The fourth-order valence-electron chi connectivity index (χ4n) is 2.45. The van der Waals surface area contributed by atoms with E-state index in [1.165, 1.54) is 24.4 Å². The van der Waals surface area contributed by atoms with Crippen LogP contribution in [-0.2, 0) is 0 Å². The maximum atomic E-state index is 13.7. The number of pyridine rings is 1. The lowest BCUT2D eigenvalue weighted by molar-refractivity contribution is 0.102. The Bertz CT molecular complexity index is 927. The number of ether oxygens (including phenoxy) is 1. The minimum absolute atomic E-state index is 0.0144. The largest absolute Gasteiger partial charge is 0.489 e. The topological polar surface area (TPSA) is 63.2 Å². The average Bonchev–Trinajstić information content (AvgIpc) is 2.65. The standard InChI is InChI=1S/C21H20FN3O2/c1-14(2)27-19-10-6-5-9-18(19)25-20-12-11-15(13-23-20)24-21(26)16-7-3-4-8-17(16)22/h3-14H,1-2H3,(H,23,25)(H,24,26). The Morgan fingerprint density at radius 2 is 1.78 bits per heavy atom. The van der Waals surface area contributed by atoms with Crippen molar-refractivity contribution < 1.29 is 13.9 Å². The number of nitrogens with zero attached hydrogens (tertiary/aromatic N) is 1. The molecule has 27 heavy (non-hydrogen) atoms. The van der Waals surface area contributed by atoms with E-state index >= 15 is 0 Å². The molecule has 3 rings (SSSR count). The normalized spacial score (nSPS) is 10.5. The van der Waals surface area contributed by atoms with Gasteiger partial charge in [-0.25, -0.2) is 9.37 Å². The van der Waals surface area contributed by atoms with Crippen molar-refractivity contribution in [3.63, 3.8) is 0 Å². The summed E-state index contributed by atoms with van der Waals surface area (Å²) >= 11 is 0. The van der Waals surface area contributed by atoms with Crippen LogP contribution in [-0.4, -0.2) is 17.0 Å². The Hall–Kier alpha value is -3.41. The first-order chi connectivity index (χ1) is 13.0. The van der Waals surface area contributed by atoms with Crippen molar-refractivity contribution in [1.82, 2.24) is 4.98 Å². The second kappa shape index (κ2) is 8.31. The van der Waals surface area contributed by atoms with Gasteiger partial charge in [0.15, 0.2) is 0 Å². The quantitative estimate of drug-likeness (QED) is 0.645. The highest BCUT2D eigenvalue weighted by atomic mass is 19.1. The van der Waals surface area contributed by atoms with Crippen LogP contribution in [0.2, 0.25) is 0 Å². The summed E-state index contributed by atoms with van der Waals surface area (Å²) in [4.78, 5) is 16.4. The molecular weight excluding hydrogens is 345 g/mol. The van der Waals surface area contributed by atoms with Crippen LogP contribution < -0.4 is 15.4 Å². The number of amides is 1. The third-order valence-electron chi connectivity index (χ3n) is 3.65. The first-order valence-corrected chi connectivity index (χ1v) is 8.57. The first-order valence-electron chi connectivity index (χ1n) is 8.57. The van der Waals surface area contributed by atoms with Crippen LogP contribution in [0.5, 0.6) is 5.75 Å². The molecule has 0 fully saturated rings. The highest BCUT2D eigenvalue weighted by molar-refractivity contribution is 6.04. The highest BCUT2D eigenvalue weighted by Gasteiger charge is 2.11. The molecule has 0 saturated carbocycles. The van der Waals surface area contributed by atoms with Crippen molar-refractivity contribution >= 4 is 23.1 Å². The Morgan fingerprint density at radius 1 is 1.04 bits per heavy atom. The number of rotatable bonds is 6. The molecule has 0 spiro atoms. The van der Waals surface area contributed by atoms with E-state index in [4.69, 9.17) is 4.74 Å². The fraction of sp³-hybridized carbons (Fsp3) is 0.143. The molecule has 3 aromatic rings. The van der Waals surface area contributed by atoms with Gasteiger partial charge in [0.05, 0.1) is 29.2 Å². The van der Waals surface area contributed by atoms with Crippen LogP contribution in [0.25, 0.3) is 0 Å². The van der Waals surface area contributed by atoms with Crippen LogP contribution in [0.1, 0.15) is 24.2 Å². The van der Waals surface area contributed by atoms with Crippen LogP contribution in [0.3, 0.4) is 0 Å². The number of carbonyl (C=O) groups excluding carboxylic acids is 1. The summed E-state index contributed by atoms with van der Waals surface area (Å²) in [5.41, 5.74) is 1.25. The number of aromatic nitrogens is 1. The lowest BCUT2D eigenvalue weighted by Crippen LogP contribution is -2.13. The molecular formula is C21H20FN3O2. The minimum Gasteiger partial charge on any atom is -0.489 e. The van der Waals surface area contributed by atoms with Gasteiger partial charge in [-0.15, -0.1) is 0 Å². The molecule has 0 bridgehead atoms. The SMILES string of the molecule is CC(C)Oc1ccccc1Nc1ccc(NC(=O)c2ccccc2F)cn1. The second-order valence-electron chi connectivity index (χ2n) is 6.15. The van der Waals surface area contributed by atoms with E-state index in [0.717, 1.165) is 11.4 Å². The third kappa shape index (κ3) is 4.82. The monoisotopic (exact) mass is 365 g/mol. The van der Waals surface area contributed by atoms with E-state index < -0.39 is 11.7 Å². The molecule has 138 valence electrons. The molecule has 2 N–H and O–H groups in total. The number of benzene rings is 2. The number of carbonyl (C=O) groups is 1. The lowest BCUT2D eigenvalue weighted by atomic mass is 10.2. The summed E-state index contributed by atoms with van der Waals surface area (Å²) in [6.45, 7) is 3.92. The Morgan fingerprint density at radius 3 is 2.48 bits per heavy atom. The van der Waals surface area contributed by atoms with Crippen molar-refractivity contribution in [3.05, 3.63) is 78.2 Å². The van der Waals surface area contributed by atoms with E-state index in [2.05, 4.69) is 15.6 Å². The molecule has 1 amide bonds. The van der Waals surface area contributed by atoms with Gasteiger partial charge in [-0.3, -0.25) is 4.79 Å². The van der Waals surface area contributed by atoms with Crippen molar-refractivity contribution in [2.75, 3.05) is 10.6 Å². The summed E-state index contributed by atoms with van der Waals surface area (Å²) in [6.07, 6.45) is 1.56. The number of para-hydroxylation sites is 2. The molecule has 0 radical (unpaired) electrons. The van der Waals surface area contributed by atoms with Crippen LogP contribution in [0, 0.1) is 5.82 Å². The van der Waals surface area contributed by atoms with Gasteiger partial charge in [0.1, 0.15) is 17.4 Å². The number of nitrogens with one attached hydrogen (secondary N) is 2. The highest BCUT2D eigenvalue weighted by Crippen LogP contribution is 2.27. The van der Waals surface area contributed by atoms with Crippen LogP contribution >= 0.6 is 0 Å². The fourth-order valence-corrected chi connectivity index (χ4v) is 2.45. The summed E-state index contributed by atoms with van der Waals surface area (Å²) < 4.78 is 19.5. The van der Waals surface area contributed by atoms with Crippen LogP contribution in [0.15, 0.2) is 66.9 Å². The summed E-state index contributed by atoms with van der Waals surface area (Å²) in [7, 11) is 0. The first kappa shape index (κ1) is 18.4. The molecule has 0 atom stereocenters. The molecule has 0 unspecified atom stereocenters. The van der Waals surface area contributed by atoms with Gasteiger partial charge >= 0.3 is 0 Å². The van der Waals surface area contributed by atoms with Crippen LogP contribution in [0.4, 0.5) is 21.6 Å². The summed E-state index contributed by atoms with van der Waals surface area (Å²) in [6, 6.07) is 16.8. The zero-order chi connectivity index (χ0) is 19.2. The second-order valence-corrected chi connectivity index (χ2v) is 6.15. The zero-order valence-corrected chi connectivity index (χ0v) is 15.1. The maximum absolute atomic E-state index is 13.7. The third-order valence-corrected chi connectivity index (χ3v) is 3.65. The minimum atomic E-state index is -0.567. The van der Waals surface area contributed by atoms with Crippen molar-refractivity contribution in [2.24, 2.45) is 0 Å². The van der Waals surface area contributed by atoms with Crippen molar-refractivity contribution in [3.8, 4) is 5.75 Å². The Labute approximate surface area is 157 Å². The predicted octanol–water partition coefficient (Wildman–Crippen LogP) is 5.00. The molecule has 0 aliphatic heterocycles. The average molecular weight is 365 g/mol. The zero-order valence-electron chi connectivity index (χ0n) is 15.1. The van der Waals surface area contributed by atoms with E-state index in [0.29, 0.717) is 11.5 Å². The molecule has 1 heterocycles. The smallest absolute Gasteiger partial charge is 0.258 e. The number of halogens is 1. The molecule has 1 aromatic heterocycles. The number of hydrogen-bond acceptors (Lipinski definition) is 4. The molecule has 2 aromatic carbocycles. The Balaban J connectivity index is 1.69. The van der Waals surface area contributed by atoms with E-state index in [1.807, 2.05) is 38.1 Å². The molecule has 5 nitrogen and oxygen atoms in total. The molecule has 0 aliphatic carbocycles. The number of anilines is 3. The summed E-state index contributed by atoms with van der Waals surface area (Å²) in [5.74, 6) is 0.235. The van der Waals surface area contributed by atoms with Gasteiger partial charge in [-0.2, -0.15) is 0 Å². The van der Waals surface area contributed by atoms with E-state index in [-0.39, 0.29) is 11.7 Å². The van der Waals surface area contributed by atoms with Gasteiger partial charge in [0, 0.05) is 0 Å². The summed E-state index contributed by atoms with van der Waals surface area (Å²) in [5, 5.41) is 5.82. The van der Waals surface area contributed by atoms with Gasteiger partial charge in [0.25, 0.3) is 5.91 Å². The number of hydrogen-bond donors (Lipinski definition) is 2. The lowest BCUT2D eigenvalue weighted by Gasteiger charge is -2.15. The van der Waals surface area contributed by atoms with Gasteiger partial charge in [-0.05, 0) is 50.2 Å². The molecule has 0 saturated heterocycles. The molecule has 0 aliphatic rings. The van der Waals surface area contributed by atoms with Gasteiger partial charge in [0.2, 0.25) is 0 Å². The van der Waals surface area contributed by atoms with Gasteiger partial charge < -0.3 is 15.4 Å². The van der Waals surface area contributed by atoms with E-state index in [1.54, 1.807) is 18.2 Å². The maximum Gasteiger partial charge on any atom is 0.258 e. The Kier molecular flexibility index (Phi) is 5.66. The molecule has 6 heteroatoms. The van der Waals surface area contributed by atoms with Gasteiger partial charge in [-0.1, -0.05) is 24.3 Å². The van der Waals surface area contributed by atoms with Crippen molar-refractivity contribution in [1.29, 1.82) is 0 Å². The van der Waals surface area contributed by atoms with E-state index in [9.17, 15) is 9.18 Å².